The van der Waals surface area contributed by atoms with E-state index in [1.165, 1.54) is 24.3 Å². The molecular weight excluding hydrogens is 206 g/mol. The van der Waals surface area contributed by atoms with Crippen LogP contribution >= 0.6 is 11.3 Å². The maximum absolute atomic E-state index is 9.14. The smallest absolute Gasteiger partial charge is 0.0471 e. The number of aliphatic hydroxyl groups is 1. The van der Waals surface area contributed by atoms with E-state index in [4.69, 9.17) is 5.11 Å². The average molecular weight is 225 g/mol. The Balaban J connectivity index is 1.74. The zero-order valence-electron chi connectivity index (χ0n) is 9.06. The molecule has 0 bridgehead atoms. The number of rotatable bonds is 4. The van der Waals surface area contributed by atoms with Crippen molar-refractivity contribution in [2.45, 2.75) is 19.3 Å². The van der Waals surface area contributed by atoms with Crippen LogP contribution in [0.5, 0.6) is 0 Å². The van der Waals surface area contributed by atoms with Crippen molar-refractivity contribution in [2.75, 3.05) is 26.2 Å². The third kappa shape index (κ3) is 3.30. The highest BCUT2D eigenvalue weighted by Crippen LogP contribution is 2.17. The quantitative estimate of drug-likeness (QED) is 0.847. The molecule has 1 aromatic rings. The summed E-state index contributed by atoms with van der Waals surface area (Å²) in [5, 5.41) is 11.3. The first-order valence-electron chi connectivity index (χ1n) is 5.74. The lowest BCUT2D eigenvalue weighted by Crippen LogP contribution is -2.37. The SMILES string of the molecule is OCC1CCCN(CCc2cccs2)C1. The van der Waals surface area contributed by atoms with Gasteiger partial charge in [0.2, 0.25) is 0 Å². The van der Waals surface area contributed by atoms with Gasteiger partial charge in [-0.3, -0.25) is 0 Å². The van der Waals surface area contributed by atoms with E-state index in [1.54, 1.807) is 0 Å². The summed E-state index contributed by atoms with van der Waals surface area (Å²) in [6, 6.07) is 4.32. The van der Waals surface area contributed by atoms with Gasteiger partial charge >= 0.3 is 0 Å². The first-order chi connectivity index (χ1) is 7.38. The van der Waals surface area contributed by atoms with E-state index >= 15 is 0 Å². The number of aliphatic hydroxyl groups excluding tert-OH is 1. The highest BCUT2D eigenvalue weighted by Gasteiger charge is 2.18. The van der Waals surface area contributed by atoms with Gasteiger partial charge in [-0.05, 0) is 43.2 Å². The van der Waals surface area contributed by atoms with Gasteiger partial charge < -0.3 is 10.0 Å². The minimum atomic E-state index is 0.357. The topological polar surface area (TPSA) is 23.5 Å². The predicted octanol–water partition coefficient (Wildman–Crippen LogP) is 1.99. The Morgan fingerprint density at radius 3 is 3.20 bits per heavy atom. The molecule has 84 valence electrons. The standard InChI is InChI=1S/C12H19NOS/c14-10-11-3-1-6-13(9-11)7-5-12-4-2-8-15-12/h2,4,8,11,14H,1,3,5-7,9-10H2. The van der Waals surface area contributed by atoms with E-state index in [2.05, 4.69) is 22.4 Å². The molecule has 0 aliphatic carbocycles. The Morgan fingerprint density at radius 1 is 1.53 bits per heavy atom. The second-order valence-corrected chi connectivity index (χ2v) is 5.35. The van der Waals surface area contributed by atoms with Crippen LogP contribution in [0.1, 0.15) is 17.7 Å². The summed E-state index contributed by atoms with van der Waals surface area (Å²) < 4.78 is 0. The number of likely N-dealkylation sites (tertiary alicyclic amines) is 1. The molecule has 3 heteroatoms. The lowest BCUT2D eigenvalue weighted by atomic mass is 9.99. The number of nitrogens with zero attached hydrogens (tertiary/aromatic N) is 1. The molecule has 0 saturated carbocycles. The van der Waals surface area contributed by atoms with E-state index in [1.807, 2.05) is 11.3 Å². The van der Waals surface area contributed by atoms with Gasteiger partial charge in [0.1, 0.15) is 0 Å². The molecule has 0 spiro atoms. The molecular formula is C12H19NOS. The minimum Gasteiger partial charge on any atom is -0.396 e. The van der Waals surface area contributed by atoms with Gasteiger partial charge in [-0.15, -0.1) is 11.3 Å². The second kappa shape index (κ2) is 5.64. The number of hydrogen-bond acceptors (Lipinski definition) is 3. The van der Waals surface area contributed by atoms with Crippen LogP contribution in [0, 0.1) is 5.92 Å². The van der Waals surface area contributed by atoms with Gasteiger partial charge in [-0.1, -0.05) is 6.07 Å². The first-order valence-corrected chi connectivity index (χ1v) is 6.62. The number of thiophene rings is 1. The van der Waals surface area contributed by atoms with E-state index in [0.29, 0.717) is 12.5 Å². The summed E-state index contributed by atoms with van der Waals surface area (Å²) in [5.74, 6) is 0.516. The monoisotopic (exact) mass is 225 g/mol. The number of piperidine rings is 1. The van der Waals surface area contributed by atoms with Crippen molar-refractivity contribution in [1.29, 1.82) is 0 Å². The van der Waals surface area contributed by atoms with Gasteiger partial charge in [-0.2, -0.15) is 0 Å². The van der Waals surface area contributed by atoms with Crippen molar-refractivity contribution in [3.63, 3.8) is 0 Å². The van der Waals surface area contributed by atoms with Crippen LogP contribution in [0.4, 0.5) is 0 Å². The molecule has 1 atom stereocenters. The Labute approximate surface area is 95.5 Å². The van der Waals surface area contributed by atoms with Crippen molar-refractivity contribution >= 4 is 11.3 Å². The van der Waals surface area contributed by atoms with Crippen molar-refractivity contribution in [1.82, 2.24) is 4.90 Å². The fourth-order valence-corrected chi connectivity index (χ4v) is 2.92. The van der Waals surface area contributed by atoms with E-state index in [9.17, 15) is 0 Å². The number of hydrogen-bond donors (Lipinski definition) is 1. The highest BCUT2D eigenvalue weighted by atomic mass is 32.1. The lowest BCUT2D eigenvalue weighted by molar-refractivity contribution is 0.121. The summed E-state index contributed by atoms with van der Waals surface area (Å²) in [7, 11) is 0. The lowest BCUT2D eigenvalue weighted by Gasteiger charge is -2.31. The normalized spacial score (nSPS) is 23.1. The highest BCUT2D eigenvalue weighted by molar-refractivity contribution is 7.09. The van der Waals surface area contributed by atoms with Crippen LogP contribution in [0.15, 0.2) is 17.5 Å². The maximum Gasteiger partial charge on any atom is 0.0471 e. The minimum absolute atomic E-state index is 0.357. The molecule has 0 aromatic carbocycles. The van der Waals surface area contributed by atoms with Crippen LogP contribution in [0.2, 0.25) is 0 Å². The zero-order chi connectivity index (χ0) is 10.5. The third-order valence-electron chi connectivity index (χ3n) is 3.12. The van der Waals surface area contributed by atoms with Gasteiger partial charge in [0, 0.05) is 24.6 Å². The fourth-order valence-electron chi connectivity index (χ4n) is 2.23. The molecule has 2 nitrogen and oxygen atoms in total. The summed E-state index contributed by atoms with van der Waals surface area (Å²) in [6.07, 6.45) is 3.61. The van der Waals surface area contributed by atoms with Crippen molar-refractivity contribution in [2.24, 2.45) is 5.92 Å². The Morgan fingerprint density at radius 2 is 2.47 bits per heavy atom. The van der Waals surface area contributed by atoms with Crippen molar-refractivity contribution in [3.8, 4) is 0 Å². The van der Waals surface area contributed by atoms with Gasteiger partial charge in [0.05, 0.1) is 0 Å². The molecule has 0 amide bonds. The van der Waals surface area contributed by atoms with Crippen LogP contribution in [-0.4, -0.2) is 36.2 Å². The van der Waals surface area contributed by atoms with E-state index in [-0.39, 0.29) is 0 Å². The third-order valence-corrected chi connectivity index (χ3v) is 4.05. The maximum atomic E-state index is 9.14. The summed E-state index contributed by atoms with van der Waals surface area (Å²) in [6.45, 7) is 3.80. The summed E-state index contributed by atoms with van der Waals surface area (Å²) in [5.41, 5.74) is 0. The molecule has 1 aliphatic heterocycles. The fraction of sp³-hybridized carbons (Fsp3) is 0.667. The Kier molecular flexibility index (Phi) is 4.18. The molecule has 1 N–H and O–H groups in total. The molecule has 1 aromatic heterocycles. The molecule has 2 rings (SSSR count). The second-order valence-electron chi connectivity index (χ2n) is 4.32. The van der Waals surface area contributed by atoms with Crippen LogP contribution < -0.4 is 0 Å². The van der Waals surface area contributed by atoms with Crippen LogP contribution in [0.25, 0.3) is 0 Å². The summed E-state index contributed by atoms with van der Waals surface area (Å²) >= 11 is 1.84. The van der Waals surface area contributed by atoms with Crippen LogP contribution in [0.3, 0.4) is 0 Å². The molecule has 15 heavy (non-hydrogen) atoms. The molecule has 0 radical (unpaired) electrons. The average Bonchev–Trinajstić information content (AvgIpc) is 2.79. The molecule has 1 aliphatic rings. The molecule has 1 fully saturated rings. The van der Waals surface area contributed by atoms with Crippen molar-refractivity contribution < 1.29 is 5.11 Å². The van der Waals surface area contributed by atoms with E-state index < -0.39 is 0 Å². The van der Waals surface area contributed by atoms with Crippen molar-refractivity contribution in [3.05, 3.63) is 22.4 Å². The Bertz CT molecular complexity index is 273. The van der Waals surface area contributed by atoms with E-state index in [0.717, 1.165) is 19.5 Å². The molecule has 1 unspecified atom stereocenters. The van der Waals surface area contributed by atoms with Crippen LogP contribution in [-0.2, 0) is 6.42 Å². The molecule has 1 saturated heterocycles. The largest absolute Gasteiger partial charge is 0.396 e. The summed E-state index contributed by atoms with van der Waals surface area (Å²) in [4.78, 5) is 3.96. The zero-order valence-corrected chi connectivity index (χ0v) is 9.88. The molecule has 2 heterocycles. The first kappa shape index (κ1) is 11.1. The van der Waals surface area contributed by atoms with Gasteiger partial charge in [-0.25, -0.2) is 0 Å². The predicted molar refractivity (Wildman–Crippen MR) is 64.3 cm³/mol. The van der Waals surface area contributed by atoms with Gasteiger partial charge in [0.15, 0.2) is 0 Å². The Hall–Kier alpha value is -0.380. The van der Waals surface area contributed by atoms with Gasteiger partial charge in [0.25, 0.3) is 0 Å².